The first kappa shape index (κ1) is 19.0. The van der Waals surface area contributed by atoms with Gasteiger partial charge in [-0.3, -0.25) is 4.84 Å². The van der Waals surface area contributed by atoms with Gasteiger partial charge in [0.25, 0.3) is 0 Å². The lowest BCUT2D eigenvalue weighted by molar-refractivity contribution is -0.192. The van der Waals surface area contributed by atoms with Gasteiger partial charge in [-0.2, -0.15) is 18.7 Å². The highest BCUT2D eigenvalue weighted by Gasteiger charge is 2.33. The van der Waals surface area contributed by atoms with Crippen molar-refractivity contribution in [1.29, 1.82) is 0 Å². The number of carbonyl (C=O) groups is 1. The van der Waals surface area contributed by atoms with Crippen LogP contribution in [0, 0.1) is 0 Å². The summed E-state index contributed by atoms with van der Waals surface area (Å²) in [4.78, 5) is 18.2. The van der Waals surface area contributed by atoms with E-state index in [1.54, 1.807) is 32.6 Å². The van der Waals surface area contributed by atoms with Crippen molar-refractivity contribution in [3.8, 4) is 0 Å². The molecular formula is C14H25F3N2O3. The molecular weight excluding hydrogens is 301 g/mol. The lowest BCUT2D eigenvalue weighted by atomic mass is 10.1. The molecule has 0 radical (unpaired) electrons. The summed E-state index contributed by atoms with van der Waals surface area (Å²) in [6, 6.07) is -0.345. The lowest BCUT2D eigenvalue weighted by Crippen LogP contribution is -2.43. The number of alkyl halides is 3. The van der Waals surface area contributed by atoms with Gasteiger partial charge in [-0.25, -0.2) is 4.79 Å². The molecule has 1 aliphatic heterocycles. The van der Waals surface area contributed by atoms with Crippen molar-refractivity contribution >= 4 is 6.09 Å². The molecule has 1 saturated heterocycles. The van der Waals surface area contributed by atoms with Gasteiger partial charge >= 0.3 is 12.3 Å². The fourth-order valence-corrected chi connectivity index (χ4v) is 2.36. The molecule has 0 aromatic heterocycles. The molecule has 1 heterocycles. The second-order valence-corrected chi connectivity index (χ2v) is 6.63. The number of amides is 1. The molecule has 8 heteroatoms. The van der Waals surface area contributed by atoms with Crippen molar-refractivity contribution in [1.82, 2.24) is 10.4 Å². The highest BCUT2D eigenvalue weighted by molar-refractivity contribution is 5.68. The van der Waals surface area contributed by atoms with Crippen LogP contribution >= 0.6 is 0 Å². The quantitative estimate of drug-likeness (QED) is 0.788. The van der Waals surface area contributed by atoms with Crippen LogP contribution in [0.2, 0.25) is 0 Å². The molecule has 0 spiro atoms. The smallest absolute Gasteiger partial charge is 0.413 e. The Kier molecular flexibility index (Phi) is 6.49. The molecule has 130 valence electrons. The number of hydrogen-bond acceptors (Lipinski definition) is 4. The second kappa shape index (κ2) is 7.50. The number of nitrogens with one attached hydrogen (secondary N) is 1. The molecule has 1 aliphatic rings. The summed E-state index contributed by atoms with van der Waals surface area (Å²) in [6.45, 7) is 6.39. The van der Waals surface area contributed by atoms with E-state index in [4.69, 9.17) is 4.74 Å². The molecule has 0 aliphatic carbocycles. The first-order valence-electron chi connectivity index (χ1n) is 7.41. The van der Waals surface area contributed by atoms with Crippen molar-refractivity contribution in [2.24, 2.45) is 0 Å². The van der Waals surface area contributed by atoms with E-state index >= 15 is 0 Å². The number of hydrogen-bond donors (Lipinski definition) is 1. The summed E-state index contributed by atoms with van der Waals surface area (Å²) in [7, 11) is 0. The van der Waals surface area contributed by atoms with Gasteiger partial charge in [0.15, 0.2) is 6.61 Å². The predicted molar refractivity (Wildman–Crippen MR) is 75.2 cm³/mol. The fourth-order valence-electron chi connectivity index (χ4n) is 2.36. The van der Waals surface area contributed by atoms with Crippen molar-refractivity contribution in [3.63, 3.8) is 0 Å². The third-order valence-corrected chi connectivity index (χ3v) is 3.15. The Labute approximate surface area is 129 Å². The zero-order valence-electron chi connectivity index (χ0n) is 13.5. The average molecular weight is 326 g/mol. The standard InChI is InChI=1S/C14H25F3N2O3/c1-10(18-21-9-14(15,16)17)8-11-6-5-7-19(11)12(20)22-13(2,3)4/h10-11,18H,5-9H2,1-4H3. The Hall–Kier alpha value is -1.02. The third-order valence-electron chi connectivity index (χ3n) is 3.15. The van der Waals surface area contributed by atoms with Gasteiger partial charge in [0.2, 0.25) is 0 Å². The molecule has 22 heavy (non-hydrogen) atoms. The molecule has 1 N–H and O–H groups in total. The van der Waals surface area contributed by atoms with Crippen molar-refractivity contribution in [2.75, 3.05) is 13.2 Å². The summed E-state index contributed by atoms with van der Waals surface area (Å²) in [6.07, 6.45) is -2.55. The number of carbonyl (C=O) groups excluding carboxylic acids is 1. The molecule has 0 aromatic rings. The Morgan fingerprint density at radius 2 is 2.00 bits per heavy atom. The highest BCUT2D eigenvalue weighted by Crippen LogP contribution is 2.24. The van der Waals surface area contributed by atoms with E-state index in [2.05, 4.69) is 10.3 Å². The Balaban J connectivity index is 2.41. The monoisotopic (exact) mass is 326 g/mol. The fraction of sp³-hybridized carbons (Fsp3) is 0.929. The van der Waals surface area contributed by atoms with Crippen LogP contribution in [0.3, 0.4) is 0 Å². The van der Waals surface area contributed by atoms with E-state index in [-0.39, 0.29) is 18.2 Å². The third kappa shape index (κ3) is 7.31. The van der Waals surface area contributed by atoms with Gasteiger partial charge in [-0.15, -0.1) is 0 Å². The van der Waals surface area contributed by atoms with E-state index in [1.165, 1.54) is 0 Å². The maximum atomic E-state index is 12.1. The Morgan fingerprint density at radius 1 is 1.36 bits per heavy atom. The average Bonchev–Trinajstić information content (AvgIpc) is 2.72. The summed E-state index contributed by atoms with van der Waals surface area (Å²) in [5.74, 6) is 0. The van der Waals surface area contributed by atoms with Crippen LogP contribution in [0.15, 0.2) is 0 Å². The normalized spacial score (nSPS) is 21.0. The zero-order chi connectivity index (χ0) is 17.0. The van der Waals surface area contributed by atoms with Crippen LogP contribution in [0.25, 0.3) is 0 Å². The molecule has 1 fully saturated rings. The summed E-state index contributed by atoms with van der Waals surface area (Å²) in [5.41, 5.74) is 1.81. The SMILES string of the molecule is CC(CC1CCCN1C(=O)OC(C)(C)C)NOCC(F)(F)F. The highest BCUT2D eigenvalue weighted by atomic mass is 19.4. The topological polar surface area (TPSA) is 50.8 Å². The number of likely N-dealkylation sites (tertiary alicyclic amines) is 1. The number of ether oxygens (including phenoxy) is 1. The van der Waals surface area contributed by atoms with Gasteiger partial charge in [0, 0.05) is 18.6 Å². The summed E-state index contributed by atoms with van der Waals surface area (Å²) >= 11 is 0. The van der Waals surface area contributed by atoms with Gasteiger partial charge in [0.1, 0.15) is 5.60 Å². The van der Waals surface area contributed by atoms with Gasteiger partial charge < -0.3 is 9.64 Å². The van der Waals surface area contributed by atoms with E-state index in [0.29, 0.717) is 13.0 Å². The minimum absolute atomic E-state index is 0.0492. The minimum Gasteiger partial charge on any atom is -0.444 e. The number of halogens is 3. The number of rotatable bonds is 5. The van der Waals surface area contributed by atoms with Crippen molar-refractivity contribution in [2.45, 2.75) is 70.8 Å². The first-order chi connectivity index (χ1) is 9.98. The van der Waals surface area contributed by atoms with Gasteiger partial charge in [-0.05, 0) is 47.0 Å². The summed E-state index contributed by atoms with van der Waals surface area (Å²) < 4.78 is 41.4. The minimum atomic E-state index is -4.36. The largest absolute Gasteiger partial charge is 0.444 e. The number of nitrogens with zero attached hydrogens (tertiary/aromatic N) is 1. The summed E-state index contributed by atoms with van der Waals surface area (Å²) in [5, 5.41) is 0. The zero-order valence-corrected chi connectivity index (χ0v) is 13.5. The van der Waals surface area contributed by atoms with Crippen molar-refractivity contribution in [3.05, 3.63) is 0 Å². The predicted octanol–water partition coefficient (Wildman–Crippen LogP) is 3.25. The van der Waals surface area contributed by atoms with E-state index in [9.17, 15) is 18.0 Å². The van der Waals surface area contributed by atoms with Crippen LogP contribution in [-0.2, 0) is 9.57 Å². The molecule has 2 unspecified atom stereocenters. The molecule has 0 bridgehead atoms. The van der Waals surface area contributed by atoms with E-state index in [1.807, 2.05) is 0 Å². The Morgan fingerprint density at radius 3 is 2.55 bits per heavy atom. The van der Waals surface area contributed by atoms with E-state index < -0.39 is 18.4 Å². The lowest BCUT2D eigenvalue weighted by Gasteiger charge is -2.30. The van der Waals surface area contributed by atoms with Crippen LogP contribution in [0.5, 0.6) is 0 Å². The first-order valence-corrected chi connectivity index (χ1v) is 7.41. The molecule has 2 atom stereocenters. The molecule has 1 rings (SSSR count). The van der Waals surface area contributed by atoms with Gasteiger partial charge in [-0.1, -0.05) is 0 Å². The molecule has 0 aromatic carbocycles. The van der Waals surface area contributed by atoms with E-state index in [0.717, 1.165) is 12.8 Å². The molecule has 5 nitrogen and oxygen atoms in total. The van der Waals surface area contributed by atoms with Crippen LogP contribution < -0.4 is 5.48 Å². The second-order valence-electron chi connectivity index (χ2n) is 6.63. The van der Waals surface area contributed by atoms with Crippen LogP contribution in [0.4, 0.5) is 18.0 Å². The van der Waals surface area contributed by atoms with Gasteiger partial charge in [0.05, 0.1) is 0 Å². The van der Waals surface area contributed by atoms with Crippen LogP contribution in [-0.4, -0.2) is 48.0 Å². The Bertz CT molecular complexity index is 369. The van der Waals surface area contributed by atoms with Crippen LogP contribution in [0.1, 0.15) is 47.0 Å². The number of hydroxylamine groups is 1. The maximum absolute atomic E-state index is 12.1. The van der Waals surface area contributed by atoms with Crippen molar-refractivity contribution < 1.29 is 27.5 Å². The molecule has 1 amide bonds. The molecule has 0 saturated carbocycles. The maximum Gasteiger partial charge on any atom is 0.413 e.